The van der Waals surface area contributed by atoms with Crippen LogP contribution in [0.1, 0.15) is 18.1 Å². The SMILES string of the molecule is CCOC(=O)COc1c(I)cc(C=NNC(=O)Nc2ccccc2C)cc1I. The molecule has 0 spiro atoms. The number of nitrogens with one attached hydrogen (secondary N) is 2. The van der Waals surface area contributed by atoms with Gasteiger partial charge < -0.3 is 14.8 Å². The van der Waals surface area contributed by atoms with E-state index in [2.05, 4.69) is 61.0 Å². The smallest absolute Gasteiger partial charge is 0.344 e. The van der Waals surface area contributed by atoms with Crippen molar-refractivity contribution in [3.63, 3.8) is 0 Å². The minimum Gasteiger partial charge on any atom is -0.480 e. The number of urea groups is 1. The van der Waals surface area contributed by atoms with Gasteiger partial charge in [0, 0.05) is 5.69 Å². The van der Waals surface area contributed by atoms with Gasteiger partial charge >= 0.3 is 12.0 Å². The van der Waals surface area contributed by atoms with Crippen LogP contribution in [0.4, 0.5) is 10.5 Å². The molecule has 0 saturated carbocycles. The molecule has 0 aliphatic carbocycles. The Morgan fingerprint density at radius 3 is 2.50 bits per heavy atom. The molecular weight excluding hydrogens is 588 g/mol. The lowest BCUT2D eigenvalue weighted by Crippen LogP contribution is -2.24. The molecule has 148 valence electrons. The average Bonchev–Trinajstić information content (AvgIpc) is 2.63. The molecule has 2 aromatic rings. The first-order valence-corrected chi connectivity index (χ1v) is 10.5. The Bertz CT molecular complexity index is 864. The van der Waals surface area contributed by atoms with E-state index in [0.717, 1.165) is 24.0 Å². The zero-order valence-electron chi connectivity index (χ0n) is 15.3. The number of rotatable bonds is 7. The molecule has 7 nitrogen and oxygen atoms in total. The standard InChI is InChI=1S/C19H19I2N3O4/c1-3-27-17(25)11-28-18-14(20)8-13(9-15(18)21)10-22-24-19(26)23-16-7-5-4-6-12(16)2/h4-10H,3,11H2,1-2H3,(H2,23,24,26). The van der Waals surface area contributed by atoms with Crippen molar-refractivity contribution in [3.8, 4) is 5.75 Å². The minimum atomic E-state index is -0.427. The summed E-state index contributed by atoms with van der Waals surface area (Å²) < 4.78 is 12.0. The van der Waals surface area contributed by atoms with Gasteiger partial charge in [0.2, 0.25) is 0 Å². The number of para-hydroxylation sites is 1. The lowest BCUT2D eigenvalue weighted by atomic mass is 10.2. The molecule has 2 aromatic carbocycles. The second-order valence-corrected chi connectivity index (χ2v) is 7.87. The van der Waals surface area contributed by atoms with Crippen LogP contribution in [0.2, 0.25) is 0 Å². The van der Waals surface area contributed by atoms with Crippen molar-refractivity contribution < 1.29 is 19.1 Å². The Balaban J connectivity index is 1.95. The number of carbonyl (C=O) groups is 2. The molecule has 2 rings (SSSR count). The van der Waals surface area contributed by atoms with Crippen molar-refractivity contribution >= 4 is 69.1 Å². The fourth-order valence-electron chi connectivity index (χ4n) is 2.15. The number of benzene rings is 2. The quantitative estimate of drug-likeness (QED) is 0.213. The Morgan fingerprint density at radius 1 is 1.18 bits per heavy atom. The fraction of sp³-hybridized carbons (Fsp3) is 0.211. The van der Waals surface area contributed by atoms with Gasteiger partial charge in [-0.05, 0) is 88.4 Å². The monoisotopic (exact) mass is 607 g/mol. The third kappa shape index (κ3) is 6.93. The van der Waals surface area contributed by atoms with Gasteiger partial charge in [-0.3, -0.25) is 0 Å². The van der Waals surface area contributed by atoms with Gasteiger partial charge in [-0.2, -0.15) is 5.10 Å². The largest absolute Gasteiger partial charge is 0.480 e. The second kappa shape index (κ2) is 11.2. The van der Waals surface area contributed by atoms with Crippen LogP contribution >= 0.6 is 45.2 Å². The van der Waals surface area contributed by atoms with E-state index in [1.165, 1.54) is 6.21 Å². The molecule has 0 aromatic heterocycles. The number of halogens is 2. The third-order valence-corrected chi connectivity index (χ3v) is 5.04. The van der Waals surface area contributed by atoms with Crippen LogP contribution in [0.25, 0.3) is 0 Å². The van der Waals surface area contributed by atoms with E-state index in [1.807, 2.05) is 43.3 Å². The van der Waals surface area contributed by atoms with E-state index in [9.17, 15) is 9.59 Å². The van der Waals surface area contributed by atoms with Crippen LogP contribution in [0, 0.1) is 14.1 Å². The molecule has 0 heterocycles. The number of nitrogens with zero attached hydrogens (tertiary/aromatic N) is 1. The minimum absolute atomic E-state index is 0.145. The van der Waals surface area contributed by atoms with Gasteiger partial charge in [-0.1, -0.05) is 18.2 Å². The molecule has 0 unspecified atom stereocenters. The predicted molar refractivity (Wildman–Crippen MR) is 125 cm³/mol. The van der Waals surface area contributed by atoms with Crippen molar-refractivity contribution in [2.24, 2.45) is 5.10 Å². The lowest BCUT2D eigenvalue weighted by molar-refractivity contribution is -0.145. The zero-order chi connectivity index (χ0) is 20.5. The third-order valence-electron chi connectivity index (χ3n) is 3.43. The molecule has 0 aliphatic heterocycles. The number of esters is 1. The Labute approximate surface area is 190 Å². The van der Waals surface area contributed by atoms with Gasteiger partial charge in [0.25, 0.3) is 0 Å². The molecule has 9 heteroatoms. The molecule has 0 radical (unpaired) electrons. The van der Waals surface area contributed by atoms with E-state index in [-0.39, 0.29) is 6.61 Å². The molecular formula is C19H19I2N3O4. The van der Waals surface area contributed by atoms with E-state index < -0.39 is 12.0 Å². The van der Waals surface area contributed by atoms with Crippen LogP contribution < -0.4 is 15.5 Å². The molecule has 2 N–H and O–H groups in total. The zero-order valence-corrected chi connectivity index (χ0v) is 19.6. The molecule has 0 atom stereocenters. The fourth-order valence-corrected chi connectivity index (χ4v) is 4.28. The summed E-state index contributed by atoms with van der Waals surface area (Å²) in [7, 11) is 0. The van der Waals surface area contributed by atoms with Crippen molar-refractivity contribution in [1.29, 1.82) is 0 Å². The molecule has 2 amide bonds. The maximum absolute atomic E-state index is 11.9. The number of hydrogen-bond acceptors (Lipinski definition) is 5. The summed E-state index contributed by atoms with van der Waals surface area (Å²) in [6, 6.07) is 10.7. The number of aryl methyl sites for hydroxylation is 1. The first-order chi connectivity index (χ1) is 13.4. The highest BCUT2D eigenvalue weighted by Crippen LogP contribution is 2.28. The molecule has 0 fully saturated rings. The molecule has 0 saturated heterocycles. The van der Waals surface area contributed by atoms with Crippen molar-refractivity contribution in [2.75, 3.05) is 18.5 Å². The number of anilines is 1. The van der Waals surface area contributed by atoms with Crippen molar-refractivity contribution in [2.45, 2.75) is 13.8 Å². The summed E-state index contributed by atoms with van der Waals surface area (Å²) in [6.07, 6.45) is 1.54. The normalized spacial score (nSPS) is 10.6. The maximum atomic E-state index is 11.9. The van der Waals surface area contributed by atoms with E-state index in [1.54, 1.807) is 6.92 Å². The van der Waals surface area contributed by atoms with Crippen molar-refractivity contribution in [3.05, 3.63) is 54.7 Å². The van der Waals surface area contributed by atoms with Gasteiger partial charge in [-0.25, -0.2) is 15.0 Å². The first kappa shape index (κ1) is 22.4. The van der Waals surface area contributed by atoms with E-state index in [4.69, 9.17) is 9.47 Å². The predicted octanol–water partition coefficient (Wildman–Crippen LogP) is 4.30. The summed E-state index contributed by atoms with van der Waals surface area (Å²) in [5, 5.41) is 6.70. The number of ether oxygens (including phenoxy) is 2. The molecule has 0 aliphatic rings. The van der Waals surface area contributed by atoms with E-state index in [0.29, 0.717) is 12.4 Å². The highest BCUT2D eigenvalue weighted by Gasteiger charge is 2.11. The van der Waals surface area contributed by atoms with Gasteiger partial charge in [-0.15, -0.1) is 0 Å². The molecule has 28 heavy (non-hydrogen) atoms. The van der Waals surface area contributed by atoms with Crippen LogP contribution in [0.5, 0.6) is 5.75 Å². The Kier molecular flexibility index (Phi) is 8.96. The summed E-state index contributed by atoms with van der Waals surface area (Å²) in [4.78, 5) is 23.4. The summed E-state index contributed by atoms with van der Waals surface area (Å²) >= 11 is 4.24. The lowest BCUT2D eigenvalue weighted by Gasteiger charge is -2.11. The maximum Gasteiger partial charge on any atom is 0.344 e. The number of amides is 2. The van der Waals surface area contributed by atoms with E-state index >= 15 is 0 Å². The summed E-state index contributed by atoms with van der Waals surface area (Å²) in [6.45, 7) is 3.83. The summed E-state index contributed by atoms with van der Waals surface area (Å²) in [5.74, 6) is 0.195. The van der Waals surface area contributed by atoms with Gasteiger partial charge in [0.05, 0.1) is 20.0 Å². The average molecular weight is 607 g/mol. The van der Waals surface area contributed by atoms with Gasteiger partial charge in [0.1, 0.15) is 5.75 Å². The van der Waals surface area contributed by atoms with Crippen LogP contribution in [0.3, 0.4) is 0 Å². The highest BCUT2D eigenvalue weighted by atomic mass is 127. The first-order valence-electron chi connectivity index (χ1n) is 8.34. The van der Waals surface area contributed by atoms with Crippen LogP contribution in [-0.4, -0.2) is 31.4 Å². The number of carbonyl (C=O) groups excluding carboxylic acids is 2. The second-order valence-electron chi connectivity index (χ2n) is 5.55. The van der Waals surface area contributed by atoms with Crippen molar-refractivity contribution in [1.82, 2.24) is 5.43 Å². The van der Waals surface area contributed by atoms with Crippen LogP contribution in [-0.2, 0) is 9.53 Å². The Morgan fingerprint density at radius 2 is 1.86 bits per heavy atom. The van der Waals surface area contributed by atoms with Gasteiger partial charge in [0.15, 0.2) is 6.61 Å². The Hall–Kier alpha value is -1.89. The number of hydrazone groups is 1. The summed E-state index contributed by atoms with van der Waals surface area (Å²) in [5.41, 5.74) is 4.91. The highest BCUT2D eigenvalue weighted by molar-refractivity contribution is 14.1. The topological polar surface area (TPSA) is 89.0 Å². The number of hydrogen-bond donors (Lipinski definition) is 2. The van der Waals surface area contributed by atoms with Crippen LogP contribution in [0.15, 0.2) is 41.5 Å². The molecule has 0 bridgehead atoms.